The van der Waals surface area contributed by atoms with E-state index in [1.807, 2.05) is 30.3 Å². The van der Waals surface area contributed by atoms with Crippen LogP contribution in [0.25, 0.3) is 16.8 Å². The third-order valence-corrected chi connectivity index (χ3v) is 3.80. The molecular weight excluding hydrogens is 395 g/mol. The second kappa shape index (κ2) is 9.87. The topological polar surface area (TPSA) is 17.1 Å². The Balaban J connectivity index is 2.09. The molecule has 0 radical (unpaired) electrons. The summed E-state index contributed by atoms with van der Waals surface area (Å²) >= 11 is 2.05. The lowest BCUT2D eigenvalue weighted by Crippen LogP contribution is -1.83. The molecule has 0 fully saturated rings. The first kappa shape index (κ1) is 17.3. The number of hydrogen-bond donors (Lipinski definition) is 0. The van der Waals surface area contributed by atoms with E-state index in [0.29, 0.717) is 5.57 Å². The molecule has 2 aromatic carbocycles. The van der Waals surface area contributed by atoms with Gasteiger partial charge in [0.1, 0.15) is 0 Å². The van der Waals surface area contributed by atoms with Crippen LogP contribution in [0.5, 0.6) is 0 Å². The number of hydrogen-bond acceptors (Lipinski definition) is 1. The second-order valence-electron chi connectivity index (χ2n) is 5.07. The molecule has 0 aliphatic carbocycles. The summed E-state index contributed by atoms with van der Waals surface area (Å²) in [6, 6.07) is 14.2. The zero-order valence-corrected chi connectivity index (χ0v) is 15.0. The molecule has 0 aliphatic heterocycles. The van der Waals surface area contributed by atoms with Crippen molar-refractivity contribution in [3.63, 3.8) is 0 Å². The van der Waals surface area contributed by atoms with E-state index < -0.39 is 0 Å². The highest BCUT2D eigenvalue weighted by Crippen LogP contribution is 2.20. The van der Waals surface area contributed by atoms with Crippen LogP contribution in [0.1, 0.15) is 31.2 Å². The number of carbonyl (C=O) groups excluding carboxylic acids is 1. The van der Waals surface area contributed by atoms with E-state index in [1.165, 1.54) is 0 Å². The van der Waals surface area contributed by atoms with E-state index >= 15 is 0 Å². The zero-order valence-electron chi connectivity index (χ0n) is 12.8. The number of allylic oxidation sites excluding steroid dienone is 1. The summed E-state index contributed by atoms with van der Waals surface area (Å²) in [6.07, 6.45) is 6.47. The molecule has 0 bridgehead atoms. The molecule has 0 atom stereocenters. The van der Waals surface area contributed by atoms with Crippen molar-refractivity contribution < 1.29 is 4.79 Å². The maximum absolute atomic E-state index is 11.3. The van der Waals surface area contributed by atoms with Crippen LogP contribution in [0.4, 0.5) is 0 Å². The second-order valence-corrected chi connectivity index (χ2v) is 5.61. The fraction of sp³-hybridized carbons (Fsp3) is 0.190. The zero-order chi connectivity index (χ0) is 16.3. The van der Waals surface area contributed by atoms with Crippen molar-refractivity contribution in [3.05, 3.63) is 53.6 Å². The summed E-state index contributed by atoms with van der Waals surface area (Å²) in [4.78, 5) is 11.3. The molecule has 1 nitrogen and oxygen atoms in total. The smallest absolute Gasteiger partial charge is 0.158 e. The maximum Gasteiger partial charge on any atom is 0.158 e. The molecular formula is C21H17IO. The molecule has 0 aliphatic rings. The maximum atomic E-state index is 11.3. The molecule has 0 heterocycles. The van der Waals surface area contributed by atoms with E-state index in [4.69, 9.17) is 0 Å². The Morgan fingerprint density at radius 2 is 1.74 bits per heavy atom. The Labute approximate surface area is 151 Å². The molecule has 0 saturated carbocycles. The number of benzene rings is 2. The summed E-state index contributed by atoms with van der Waals surface area (Å²) in [7, 11) is 0. The number of halogens is 1. The van der Waals surface area contributed by atoms with E-state index in [1.54, 1.807) is 0 Å². The molecule has 0 unspecified atom stereocenters. The molecule has 23 heavy (non-hydrogen) atoms. The summed E-state index contributed by atoms with van der Waals surface area (Å²) in [5.74, 6) is 9.09. The highest BCUT2D eigenvalue weighted by atomic mass is 127. The van der Waals surface area contributed by atoms with Gasteiger partial charge in [0.25, 0.3) is 0 Å². The van der Waals surface area contributed by atoms with Gasteiger partial charge in [-0.05, 0) is 39.2 Å². The average molecular weight is 412 g/mol. The van der Waals surface area contributed by atoms with Gasteiger partial charge in [0.15, 0.2) is 6.29 Å². The minimum Gasteiger partial charge on any atom is -0.297 e. The van der Waals surface area contributed by atoms with Gasteiger partial charge in [-0.25, -0.2) is 0 Å². The molecule has 114 valence electrons. The standard InChI is InChI=1S/C21H17IO/c22-15-8-4-2-1-3-5-10-18(17-23)16-20-13-9-12-19-11-6-7-14-21(19)20/h6-7,9,11-14,16-17H,1-4H2/b18-16-. The Hall–Kier alpha value is -2.04. The minimum absolute atomic E-state index is 0.522. The average Bonchev–Trinajstić information content (AvgIpc) is 2.60. The Morgan fingerprint density at radius 3 is 2.52 bits per heavy atom. The Kier molecular flexibility index (Phi) is 7.43. The number of rotatable bonds is 5. The molecule has 0 amide bonds. The third-order valence-electron chi connectivity index (χ3n) is 3.41. The summed E-state index contributed by atoms with van der Waals surface area (Å²) < 4.78 is 2.86. The summed E-state index contributed by atoms with van der Waals surface area (Å²) in [5, 5.41) is 2.30. The number of aldehydes is 1. The predicted molar refractivity (Wildman–Crippen MR) is 106 cm³/mol. The molecule has 0 aromatic heterocycles. The highest BCUT2D eigenvalue weighted by Gasteiger charge is 1.98. The normalized spacial score (nSPS) is 10.4. The van der Waals surface area contributed by atoms with Crippen molar-refractivity contribution in [1.29, 1.82) is 0 Å². The first-order valence-electron chi connectivity index (χ1n) is 7.57. The fourth-order valence-corrected chi connectivity index (χ4v) is 2.55. The quantitative estimate of drug-likeness (QED) is 0.212. The van der Waals surface area contributed by atoms with Crippen LogP contribution >= 0.6 is 22.6 Å². The van der Waals surface area contributed by atoms with Gasteiger partial charge in [-0.15, -0.1) is 0 Å². The van der Waals surface area contributed by atoms with Crippen molar-refractivity contribution in [2.24, 2.45) is 0 Å². The fourth-order valence-electron chi connectivity index (χ4n) is 2.28. The van der Waals surface area contributed by atoms with Gasteiger partial charge in [-0.1, -0.05) is 60.2 Å². The lowest BCUT2D eigenvalue weighted by Gasteiger charge is -2.01. The van der Waals surface area contributed by atoms with Crippen molar-refractivity contribution in [1.82, 2.24) is 0 Å². The van der Waals surface area contributed by atoms with Gasteiger partial charge in [0, 0.05) is 35.4 Å². The van der Waals surface area contributed by atoms with E-state index in [0.717, 1.165) is 48.3 Å². The highest BCUT2D eigenvalue weighted by molar-refractivity contribution is 14.1. The van der Waals surface area contributed by atoms with Gasteiger partial charge in [0.2, 0.25) is 0 Å². The van der Waals surface area contributed by atoms with Gasteiger partial charge >= 0.3 is 0 Å². The van der Waals surface area contributed by atoms with Crippen molar-refractivity contribution >= 4 is 45.7 Å². The van der Waals surface area contributed by atoms with Crippen LogP contribution in [0.2, 0.25) is 0 Å². The molecule has 2 aromatic rings. The van der Waals surface area contributed by atoms with Crippen LogP contribution in [0, 0.1) is 21.7 Å². The number of fused-ring (bicyclic) bond motifs is 1. The molecule has 0 spiro atoms. The van der Waals surface area contributed by atoms with Gasteiger partial charge in [-0.2, -0.15) is 0 Å². The first-order chi connectivity index (χ1) is 11.3. The van der Waals surface area contributed by atoms with Gasteiger partial charge < -0.3 is 0 Å². The SMILES string of the molecule is O=C/C(C#CCCCCC#CI)=C\c1cccc2ccccc12. The Bertz CT molecular complexity index is 820. The lowest BCUT2D eigenvalue weighted by molar-refractivity contribution is -0.104. The largest absolute Gasteiger partial charge is 0.297 e. The third kappa shape index (κ3) is 5.58. The Morgan fingerprint density at radius 1 is 1.00 bits per heavy atom. The summed E-state index contributed by atoms with van der Waals surface area (Å²) in [6.45, 7) is 0. The monoisotopic (exact) mass is 412 g/mol. The van der Waals surface area contributed by atoms with Crippen molar-refractivity contribution in [2.45, 2.75) is 25.7 Å². The van der Waals surface area contributed by atoms with Crippen LogP contribution in [-0.4, -0.2) is 6.29 Å². The molecule has 0 N–H and O–H groups in total. The number of carbonyl (C=O) groups is 1. The van der Waals surface area contributed by atoms with Crippen LogP contribution in [0.15, 0.2) is 48.0 Å². The van der Waals surface area contributed by atoms with E-state index in [9.17, 15) is 4.79 Å². The first-order valence-corrected chi connectivity index (χ1v) is 8.65. The van der Waals surface area contributed by atoms with Crippen molar-refractivity contribution in [2.75, 3.05) is 0 Å². The van der Waals surface area contributed by atoms with Crippen LogP contribution < -0.4 is 0 Å². The van der Waals surface area contributed by atoms with E-state index in [-0.39, 0.29) is 0 Å². The molecule has 2 heteroatoms. The van der Waals surface area contributed by atoms with E-state index in [2.05, 4.69) is 62.5 Å². The molecule has 0 saturated heterocycles. The number of unbranched alkanes of at least 4 members (excludes halogenated alkanes) is 3. The van der Waals surface area contributed by atoms with Crippen molar-refractivity contribution in [3.8, 4) is 21.7 Å². The predicted octanol–water partition coefficient (Wildman–Crippen LogP) is 5.38. The summed E-state index contributed by atoms with van der Waals surface area (Å²) in [5.41, 5.74) is 1.55. The van der Waals surface area contributed by atoms with Gasteiger partial charge in [0.05, 0.1) is 5.57 Å². The lowest BCUT2D eigenvalue weighted by atomic mass is 10.0. The van der Waals surface area contributed by atoms with Crippen LogP contribution in [-0.2, 0) is 4.79 Å². The van der Waals surface area contributed by atoms with Gasteiger partial charge in [-0.3, -0.25) is 4.79 Å². The van der Waals surface area contributed by atoms with Crippen LogP contribution in [0.3, 0.4) is 0 Å². The molecule has 2 rings (SSSR count). The minimum atomic E-state index is 0.522.